The molecule has 10 nitrogen and oxygen atoms in total. The highest BCUT2D eigenvalue weighted by Gasteiger charge is 2.51. The predicted octanol–water partition coefficient (Wildman–Crippen LogP) is 1.60. The first kappa shape index (κ1) is 30.3. The second kappa shape index (κ2) is 13.2. The largest absolute Gasteiger partial charge is 0.356 e. The average Bonchev–Trinajstić information content (AvgIpc) is 3.48. The number of piperidine rings is 1. The highest BCUT2D eigenvalue weighted by atomic mass is 35.5. The Morgan fingerprint density at radius 2 is 1.84 bits per heavy atom. The smallest absolute Gasteiger partial charge is 0.291 e. The number of nitrogens with one attached hydrogen (secondary N) is 3. The molecule has 3 rings (SSSR count). The van der Waals surface area contributed by atoms with Crippen molar-refractivity contribution in [2.75, 3.05) is 19.6 Å². The van der Waals surface area contributed by atoms with Crippen LogP contribution in [-0.4, -0.2) is 82.4 Å². The number of carbonyl (C=O) groups excluding carboxylic acids is 5. The second-order valence-electron chi connectivity index (χ2n) is 10.3. The van der Waals surface area contributed by atoms with Gasteiger partial charge in [0.1, 0.15) is 12.1 Å². The van der Waals surface area contributed by atoms with Crippen LogP contribution in [0.1, 0.15) is 52.4 Å². The number of carbonyl (C=O) groups is 5. The zero-order chi connectivity index (χ0) is 28.1. The van der Waals surface area contributed by atoms with Crippen LogP contribution < -0.4 is 16.1 Å². The summed E-state index contributed by atoms with van der Waals surface area (Å²) in [7, 11) is 0. The molecule has 3 aliphatic rings. The summed E-state index contributed by atoms with van der Waals surface area (Å²) in [6, 6.07) is -2.14. The SMILES string of the molecule is CC[C@H](C)[C@H](NC(=O)C(F)Cl)C(=O)N1C[C@@H]2CCC[C@@H]2[C@H]1C(=O)NN(C[C@@H]1CCCNC1=O)C(=O)[C@@H](F)Cl. The predicted molar refractivity (Wildman–Crippen MR) is 135 cm³/mol. The number of likely N-dealkylation sites (tertiary alicyclic amines) is 1. The van der Waals surface area contributed by atoms with Gasteiger partial charge in [0.2, 0.25) is 11.8 Å². The number of hydrazine groups is 1. The molecule has 0 radical (unpaired) electrons. The lowest BCUT2D eigenvalue weighted by atomic mass is 9.93. The first-order valence-corrected chi connectivity index (χ1v) is 13.9. The number of hydrogen-bond donors (Lipinski definition) is 3. The molecule has 1 saturated carbocycles. The Labute approximate surface area is 230 Å². The van der Waals surface area contributed by atoms with E-state index in [0.717, 1.165) is 17.9 Å². The lowest BCUT2D eigenvalue weighted by molar-refractivity contribution is -0.150. The lowest BCUT2D eigenvalue weighted by Crippen LogP contribution is -2.60. The fraction of sp³-hybridized carbons (Fsp3) is 0.792. The van der Waals surface area contributed by atoms with Crippen LogP contribution in [0.4, 0.5) is 8.78 Å². The van der Waals surface area contributed by atoms with Crippen molar-refractivity contribution in [2.45, 2.75) is 75.7 Å². The van der Waals surface area contributed by atoms with E-state index < -0.39 is 58.8 Å². The Hall–Kier alpha value is -2.21. The minimum atomic E-state index is -2.45. The zero-order valence-corrected chi connectivity index (χ0v) is 22.9. The van der Waals surface area contributed by atoms with E-state index in [-0.39, 0.29) is 30.8 Å². The highest BCUT2D eigenvalue weighted by molar-refractivity contribution is 6.30. The molecule has 0 aromatic rings. The van der Waals surface area contributed by atoms with Gasteiger partial charge >= 0.3 is 0 Å². The van der Waals surface area contributed by atoms with Crippen molar-refractivity contribution < 1.29 is 32.8 Å². The maximum atomic E-state index is 13.8. The zero-order valence-electron chi connectivity index (χ0n) is 21.4. The molecule has 214 valence electrons. The molecular formula is C24H35Cl2F2N5O5. The Balaban J connectivity index is 1.85. The van der Waals surface area contributed by atoms with Crippen molar-refractivity contribution in [1.82, 2.24) is 26.0 Å². The first-order valence-electron chi connectivity index (χ1n) is 13.0. The quantitative estimate of drug-likeness (QED) is 0.281. The van der Waals surface area contributed by atoms with E-state index in [2.05, 4.69) is 16.1 Å². The molecule has 8 atom stereocenters. The normalized spacial score (nSPS) is 27.9. The second-order valence-corrected chi connectivity index (χ2v) is 11.1. The minimum Gasteiger partial charge on any atom is -0.356 e. The molecule has 2 saturated heterocycles. The standard InChI is InChI=1S/C24H35Cl2F2N5O5/c1-3-12(2)16(30-22(36)18(25)27)23(37)32-10-13-6-4-8-15(13)17(32)21(35)31-33(24(38)19(26)28)11-14-7-5-9-29-20(14)34/h12-19H,3-11H2,1-2H3,(H,29,34)(H,30,36)(H,31,35)/t12-,13-,14-,15-,16-,17-,18?,19+/m0/s1. The van der Waals surface area contributed by atoms with Gasteiger partial charge in [0.25, 0.3) is 29.0 Å². The molecule has 1 unspecified atom stereocenters. The Kier molecular flexibility index (Phi) is 10.6. The number of rotatable bonds is 9. The Morgan fingerprint density at radius 3 is 2.45 bits per heavy atom. The fourth-order valence-corrected chi connectivity index (χ4v) is 5.86. The van der Waals surface area contributed by atoms with E-state index in [1.807, 2.05) is 0 Å². The van der Waals surface area contributed by atoms with Crippen LogP contribution in [0.2, 0.25) is 0 Å². The summed E-state index contributed by atoms with van der Waals surface area (Å²) in [5.74, 6) is -5.24. The average molecular weight is 582 g/mol. The highest BCUT2D eigenvalue weighted by Crippen LogP contribution is 2.42. The van der Waals surface area contributed by atoms with Gasteiger partial charge in [-0.1, -0.05) is 49.9 Å². The summed E-state index contributed by atoms with van der Waals surface area (Å²) in [4.78, 5) is 65.5. The van der Waals surface area contributed by atoms with Gasteiger partial charge in [-0.3, -0.25) is 29.4 Å². The van der Waals surface area contributed by atoms with Crippen molar-refractivity contribution in [3.05, 3.63) is 0 Å². The molecule has 0 aromatic carbocycles. The fourth-order valence-electron chi connectivity index (χ4n) is 5.68. The van der Waals surface area contributed by atoms with Crippen LogP contribution >= 0.6 is 23.2 Å². The Morgan fingerprint density at radius 1 is 1.13 bits per heavy atom. The van der Waals surface area contributed by atoms with Crippen molar-refractivity contribution in [2.24, 2.45) is 23.7 Å². The third kappa shape index (κ3) is 6.86. The van der Waals surface area contributed by atoms with Gasteiger partial charge in [-0.05, 0) is 43.4 Å². The molecule has 2 heterocycles. The van der Waals surface area contributed by atoms with Crippen LogP contribution in [0.25, 0.3) is 0 Å². The molecule has 3 N–H and O–H groups in total. The summed E-state index contributed by atoms with van der Waals surface area (Å²) in [6.07, 6.45) is 3.86. The number of hydrogen-bond acceptors (Lipinski definition) is 5. The number of fused-ring (bicyclic) bond motifs is 1. The Bertz CT molecular complexity index is 927. The van der Waals surface area contributed by atoms with Gasteiger partial charge in [0.15, 0.2) is 0 Å². The van der Waals surface area contributed by atoms with E-state index in [4.69, 9.17) is 23.2 Å². The number of amides is 5. The number of alkyl halides is 4. The van der Waals surface area contributed by atoms with Gasteiger partial charge in [-0.15, -0.1) is 0 Å². The van der Waals surface area contributed by atoms with E-state index in [0.29, 0.717) is 32.2 Å². The van der Waals surface area contributed by atoms with Gasteiger partial charge in [-0.2, -0.15) is 0 Å². The van der Waals surface area contributed by atoms with Crippen LogP contribution in [0.15, 0.2) is 0 Å². The summed E-state index contributed by atoms with van der Waals surface area (Å²) in [6.45, 7) is 3.97. The van der Waals surface area contributed by atoms with Crippen LogP contribution in [0.5, 0.6) is 0 Å². The molecular weight excluding hydrogens is 547 g/mol. The van der Waals surface area contributed by atoms with Gasteiger partial charge in [0.05, 0.1) is 12.5 Å². The monoisotopic (exact) mass is 581 g/mol. The van der Waals surface area contributed by atoms with Gasteiger partial charge in [-0.25, -0.2) is 13.8 Å². The third-order valence-corrected chi connectivity index (χ3v) is 8.30. The third-order valence-electron chi connectivity index (χ3n) is 7.92. The maximum Gasteiger partial charge on any atom is 0.291 e. The molecule has 1 aliphatic carbocycles. The van der Waals surface area contributed by atoms with Crippen LogP contribution in [0.3, 0.4) is 0 Å². The van der Waals surface area contributed by atoms with Gasteiger partial charge < -0.3 is 15.5 Å². The maximum absolute atomic E-state index is 13.8. The summed E-state index contributed by atoms with van der Waals surface area (Å²) >= 11 is 10.7. The van der Waals surface area contributed by atoms with E-state index >= 15 is 0 Å². The van der Waals surface area contributed by atoms with Gasteiger partial charge in [0, 0.05) is 13.1 Å². The minimum absolute atomic E-state index is 0.0140. The summed E-state index contributed by atoms with van der Waals surface area (Å²) in [5, 5.41) is 5.75. The van der Waals surface area contributed by atoms with E-state index in [1.54, 1.807) is 13.8 Å². The van der Waals surface area contributed by atoms with Crippen molar-refractivity contribution in [3.63, 3.8) is 0 Å². The molecule has 14 heteroatoms. The lowest BCUT2D eigenvalue weighted by Gasteiger charge is -2.35. The van der Waals surface area contributed by atoms with E-state index in [9.17, 15) is 32.8 Å². The number of nitrogens with zero attached hydrogens (tertiary/aromatic N) is 2. The first-order chi connectivity index (χ1) is 18.0. The molecule has 3 fully saturated rings. The van der Waals surface area contributed by atoms with E-state index in [1.165, 1.54) is 4.90 Å². The van der Waals surface area contributed by atoms with Crippen molar-refractivity contribution in [3.8, 4) is 0 Å². The summed E-state index contributed by atoms with van der Waals surface area (Å²) < 4.78 is 27.3. The molecule has 0 spiro atoms. The molecule has 0 aromatic heterocycles. The number of halogens is 4. The molecule has 5 amide bonds. The van der Waals surface area contributed by atoms with Crippen molar-refractivity contribution >= 4 is 52.7 Å². The van der Waals surface area contributed by atoms with Crippen LogP contribution in [0, 0.1) is 23.7 Å². The molecule has 0 bridgehead atoms. The molecule has 2 aliphatic heterocycles. The topological polar surface area (TPSA) is 128 Å². The van der Waals surface area contributed by atoms with Crippen molar-refractivity contribution in [1.29, 1.82) is 0 Å². The summed E-state index contributed by atoms with van der Waals surface area (Å²) in [5.41, 5.74) is -2.36. The van der Waals surface area contributed by atoms with Crippen LogP contribution in [-0.2, 0) is 24.0 Å². The molecule has 38 heavy (non-hydrogen) atoms.